The van der Waals surface area contributed by atoms with Crippen LogP contribution in [0, 0.1) is 5.92 Å². The first-order valence-corrected chi connectivity index (χ1v) is 9.74. The second-order valence-electron chi connectivity index (χ2n) is 6.50. The molecule has 3 rings (SSSR count). The Morgan fingerprint density at radius 1 is 1.14 bits per heavy atom. The SMILES string of the molecule is CC1CCCCC1Nc1ccc(S(=O)(=O)N2CCCC2)cn1. The van der Waals surface area contributed by atoms with Gasteiger partial charge in [0.15, 0.2) is 0 Å². The molecule has 0 bridgehead atoms. The van der Waals surface area contributed by atoms with Gasteiger partial charge >= 0.3 is 0 Å². The zero-order chi connectivity index (χ0) is 15.6. The van der Waals surface area contributed by atoms with Crippen molar-refractivity contribution in [2.24, 2.45) is 5.92 Å². The Morgan fingerprint density at radius 2 is 1.86 bits per heavy atom. The van der Waals surface area contributed by atoms with Crippen LogP contribution in [0.5, 0.6) is 0 Å². The average molecular weight is 323 g/mol. The fraction of sp³-hybridized carbons (Fsp3) is 0.688. The number of sulfonamides is 1. The van der Waals surface area contributed by atoms with E-state index in [4.69, 9.17) is 0 Å². The summed E-state index contributed by atoms with van der Waals surface area (Å²) in [6, 6.07) is 3.92. The molecule has 1 saturated carbocycles. The second kappa shape index (κ2) is 6.54. The van der Waals surface area contributed by atoms with Gasteiger partial charge in [-0.3, -0.25) is 0 Å². The Balaban J connectivity index is 1.69. The van der Waals surface area contributed by atoms with Crippen LogP contribution in [-0.2, 0) is 10.0 Å². The molecular formula is C16H25N3O2S. The standard InChI is InChI=1S/C16H25N3O2S/c1-13-6-2-3-7-15(13)18-16-9-8-14(12-17-16)22(20,21)19-10-4-5-11-19/h8-9,12-13,15H,2-7,10-11H2,1H3,(H,17,18). The van der Waals surface area contributed by atoms with Crippen molar-refractivity contribution in [3.63, 3.8) is 0 Å². The summed E-state index contributed by atoms with van der Waals surface area (Å²) in [6.07, 6.45) is 8.36. The second-order valence-corrected chi connectivity index (χ2v) is 8.44. The topological polar surface area (TPSA) is 62.3 Å². The van der Waals surface area contributed by atoms with Crippen LogP contribution >= 0.6 is 0 Å². The lowest BCUT2D eigenvalue weighted by Crippen LogP contribution is -2.31. The minimum atomic E-state index is -3.36. The van der Waals surface area contributed by atoms with Gasteiger partial charge in [-0.05, 0) is 43.7 Å². The summed E-state index contributed by atoms with van der Waals surface area (Å²) in [6.45, 7) is 3.52. The van der Waals surface area contributed by atoms with E-state index in [2.05, 4.69) is 17.2 Å². The molecule has 0 spiro atoms. The van der Waals surface area contributed by atoms with Crippen molar-refractivity contribution in [2.45, 2.75) is 56.4 Å². The summed E-state index contributed by atoms with van der Waals surface area (Å²) in [5, 5.41) is 3.46. The molecule has 1 aliphatic carbocycles. The van der Waals surface area contributed by atoms with Crippen molar-refractivity contribution in [3.05, 3.63) is 18.3 Å². The minimum Gasteiger partial charge on any atom is -0.367 e. The summed E-state index contributed by atoms with van der Waals surface area (Å²) in [5.74, 6) is 1.42. The molecule has 1 saturated heterocycles. The van der Waals surface area contributed by atoms with E-state index in [0.29, 0.717) is 29.9 Å². The van der Waals surface area contributed by atoms with Crippen molar-refractivity contribution in [1.82, 2.24) is 9.29 Å². The van der Waals surface area contributed by atoms with Crippen LogP contribution in [0.25, 0.3) is 0 Å². The average Bonchev–Trinajstić information content (AvgIpc) is 3.05. The van der Waals surface area contributed by atoms with Crippen molar-refractivity contribution in [1.29, 1.82) is 0 Å². The lowest BCUT2D eigenvalue weighted by atomic mass is 9.86. The Bertz CT molecular complexity index is 594. The lowest BCUT2D eigenvalue weighted by molar-refractivity contribution is 0.349. The largest absolute Gasteiger partial charge is 0.367 e. The molecule has 0 radical (unpaired) electrons. The van der Waals surface area contributed by atoms with Gasteiger partial charge in [-0.2, -0.15) is 4.31 Å². The minimum absolute atomic E-state index is 0.302. The van der Waals surface area contributed by atoms with E-state index >= 15 is 0 Å². The first-order valence-electron chi connectivity index (χ1n) is 8.30. The van der Waals surface area contributed by atoms with E-state index in [-0.39, 0.29) is 0 Å². The first-order chi connectivity index (χ1) is 10.6. The smallest absolute Gasteiger partial charge is 0.244 e. The summed E-state index contributed by atoms with van der Waals surface area (Å²) < 4.78 is 26.5. The Morgan fingerprint density at radius 3 is 2.50 bits per heavy atom. The van der Waals surface area contributed by atoms with Crippen molar-refractivity contribution < 1.29 is 8.42 Å². The maximum atomic E-state index is 12.5. The molecule has 1 aromatic rings. The highest BCUT2D eigenvalue weighted by Crippen LogP contribution is 2.27. The molecule has 1 aromatic heterocycles. The molecule has 122 valence electrons. The quantitative estimate of drug-likeness (QED) is 0.925. The number of hydrogen-bond acceptors (Lipinski definition) is 4. The van der Waals surface area contributed by atoms with Gasteiger partial charge in [0.2, 0.25) is 10.0 Å². The predicted octanol–water partition coefficient (Wildman–Crippen LogP) is 2.86. The van der Waals surface area contributed by atoms with E-state index in [1.54, 1.807) is 16.4 Å². The fourth-order valence-electron chi connectivity index (χ4n) is 3.42. The van der Waals surface area contributed by atoms with Crippen LogP contribution < -0.4 is 5.32 Å². The maximum Gasteiger partial charge on any atom is 0.244 e. The molecule has 22 heavy (non-hydrogen) atoms. The number of aromatic nitrogens is 1. The van der Waals surface area contributed by atoms with E-state index in [9.17, 15) is 8.42 Å². The van der Waals surface area contributed by atoms with Gasteiger partial charge in [0.25, 0.3) is 0 Å². The van der Waals surface area contributed by atoms with Crippen LogP contribution in [0.4, 0.5) is 5.82 Å². The van der Waals surface area contributed by atoms with Crippen molar-refractivity contribution in [3.8, 4) is 0 Å². The molecule has 6 heteroatoms. The van der Waals surface area contributed by atoms with E-state index < -0.39 is 10.0 Å². The monoisotopic (exact) mass is 323 g/mol. The summed E-state index contributed by atoms with van der Waals surface area (Å²) in [4.78, 5) is 4.63. The maximum absolute atomic E-state index is 12.5. The number of anilines is 1. The molecular weight excluding hydrogens is 298 g/mol. The molecule has 1 N–H and O–H groups in total. The van der Waals surface area contributed by atoms with Gasteiger partial charge in [0.05, 0.1) is 0 Å². The van der Waals surface area contributed by atoms with Crippen LogP contribution in [0.15, 0.2) is 23.2 Å². The number of nitrogens with one attached hydrogen (secondary N) is 1. The molecule has 2 aliphatic rings. The van der Waals surface area contributed by atoms with Gasteiger partial charge in [-0.15, -0.1) is 0 Å². The Hall–Kier alpha value is -1.14. The van der Waals surface area contributed by atoms with Gasteiger partial charge < -0.3 is 5.32 Å². The van der Waals surface area contributed by atoms with Gasteiger partial charge in [0.1, 0.15) is 10.7 Å². The van der Waals surface area contributed by atoms with Crippen LogP contribution in [0.2, 0.25) is 0 Å². The molecule has 0 aromatic carbocycles. The third-order valence-corrected chi connectivity index (χ3v) is 6.77. The molecule has 2 unspecified atom stereocenters. The molecule has 5 nitrogen and oxygen atoms in total. The Kier molecular flexibility index (Phi) is 4.68. The van der Waals surface area contributed by atoms with Gasteiger partial charge in [-0.25, -0.2) is 13.4 Å². The first kappa shape index (κ1) is 15.7. The van der Waals surface area contributed by atoms with Crippen LogP contribution in [-0.4, -0.2) is 36.8 Å². The number of rotatable bonds is 4. The van der Waals surface area contributed by atoms with Crippen molar-refractivity contribution >= 4 is 15.8 Å². The number of hydrogen-bond donors (Lipinski definition) is 1. The Labute approximate surface area is 133 Å². The van der Waals surface area contributed by atoms with Crippen LogP contribution in [0.1, 0.15) is 45.4 Å². The van der Waals surface area contributed by atoms with E-state index in [0.717, 1.165) is 25.1 Å². The molecule has 1 aliphatic heterocycles. The number of pyridine rings is 1. The summed E-state index contributed by atoms with van der Waals surface area (Å²) >= 11 is 0. The van der Waals surface area contributed by atoms with E-state index in [1.807, 2.05) is 0 Å². The highest BCUT2D eigenvalue weighted by atomic mass is 32.2. The summed E-state index contributed by atoms with van der Waals surface area (Å²) in [7, 11) is -3.36. The van der Waals surface area contributed by atoms with Crippen molar-refractivity contribution in [2.75, 3.05) is 18.4 Å². The predicted molar refractivity (Wildman–Crippen MR) is 87.3 cm³/mol. The zero-order valence-electron chi connectivity index (χ0n) is 13.2. The molecule has 2 heterocycles. The molecule has 2 fully saturated rings. The lowest BCUT2D eigenvalue weighted by Gasteiger charge is -2.29. The van der Waals surface area contributed by atoms with Gasteiger partial charge in [0, 0.05) is 25.3 Å². The highest BCUT2D eigenvalue weighted by Gasteiger charge is 2.27. The number of nitrogens with zero attached hydrogens (tertiary/aromatic N) is 2. The molecule has 0 amide bonds. The van der Waals surface area contributed by atoms with E-state index in [1.165, 1.54) is 25.5 Å². The molecule has 2 atom stereocenters. The van der Waals surface area contributed by atoms with Crippen LogP contribution in [0.3, 0.4) is 0 Å². The highest BCUT2D eigenvalue weighted by molar-refractivity contribution is 7.89. The normalized spacial score (nSPS) is 27.0. The summed E-state index contributed by atoms with van der Waals surface area (Å²) in [5.41, 5.74) is 0. The van der Waals surface area contributed by atoms with Gasteiger partial charge in [-0.1, -0.05) is 19.8 Å². The third kappa shape index (κ3) is 3.27. The third-order valence-electron chi connectivity index (χ3n) is 4.88. The zero-order valence-corrected chi connectivity index (χ0v) is 14.0. The fourth-order valence-corrected chi connectivity index (χ4v) is 4.88.